The number of fused-ring (bicyclic) bond motifs is 11. The summed E-state index contributed by atoms with van der Waals surface area (Å²) in [4.78, 5) is 2.37. The van der Waals surface area contributed by atoms with Crippen LogP contribution in [0.2, 0.25) is 0 Å². The number of aromatic nitrogens is 2. The van der Waals surface area contributed by atoms with Gasteiger partial charge in [-0.05, 0) is 120 Å². The Kier molecular flexibility index (Phi) is 8.80. The fourth-order valence-electron chi connectivity index (χ4n) is 12.0. The van der Waals surface area contributed by atoms with Gasteiger partial charge in [-0.25, -0.2) is 0 Å². The van der Waals surface area contributed by atoms with E-state index in [0.717, 1.165) is 95.2 Å². The molecule has 1 aliphatic rings. The molecule has 0 aliphatic carbocycles. The Balaban J connectivity index is 0.961. The first-order valence-electron chi connectivity index (χ1n) is 24.6. The zero-order valence-corrected chi connectivity index (χ0v) is 39.0. The van der Waals surface area contributed by atoms with Crippen LogP contribution < -0.4 is 9.64 Å². The van der Waals surface area contributed by atoms with Gasteiger partial charge in [0.1, 0.15) is 22.7 Å². The Morgan fingerprint density at radius 1 is 0.306 bits per heavy atom. The molecule has 72 heavy (non-hydrogen) atoms. The highest BCUT2D eigenvalue weighted by atomic mass is 16.5. The van der Waals surface area contributed by atoms with Crippen LogP contribution in [0.25, 0.3) is 76.9 Å². The normalized spacial score (nSPS) is 12.9. The minimum absolute atomic E-state index is 0.746. The summed E-state index contributed by atoms with van der Waals surface area (Å²) in [5.41, 5.74) is 15.4. The third-order valence-electron chi connectivity index (χ3n) is 15.0. The molecule has 0 amide bonds. The SMILES string of the molecule is c1ccc(-n2c3ccccc3c3cc(N(c4ccc(C5(c6ccc7c(c6)c6ccccc6n7-c6ccccc6)c6ccccc6Oc6ccccc65)cc4)c4ccc5c(c4)oc4ccccc45)ccc32)cc1. The molecule has 15 rings (SSSR count). The van der Waals surface area contributed by atoms with E-state index in [2.05, 4.69) is 263 Å². The van der Waals surface area contributed by atoms with Gasteiger partial charge in [-0.2, -0.15) is 0 Å². The summed E-state index contributed by atoms with van der Waals surface area (Å²) in [6.45, 7) is 0. The summed E-state index contributed by atoms with van der Waals surface area (Å²) in [5.74, 6) is 1.69. The number of furan rings is 1. The van der Waals surface area contributed by atoms with Crippen molar-refractivity contribution in [1.82, 2.24) is 9.13 Å². The maximum atomic E-state index is 6.80. The van der Waals surface area contributed by atoms with E-state index in [4.69, 9.17) is 9.15 Å². The van der Waals surface area contributed by atoms with Gasteiger partial charge in [-0.1, -0.05) is 146 Å². The van der Waals surface area contributed by atoms with Crippen molar-refractivity contribution in [2.24, 2.45) is 0 Å². The van der Waals surface area contributed by atoms with Gasteiger partial charge in [-0.15, -0.1) is 0 Å². The molecule has 0 fully saturated rings. The number of para-hydroxylation sites is 7. The fraction of sp³-hybridized carbons (Fsp3) is 0.0149. The first kappa shape index (κ1) is 40.3. The molecule has 338 valence electrons. The second-order valence-electron chi connectivity index (χ2n) is 18.8. The van der Waals surface area contributed by atoms with E-state index in [1.165, 1.54) is 32.6 Å². The third kappa shape index (κ3) is 5.88. The molecule has 5 heteroatoms. The number of anilines is 3. The van der Waals surface area contributed by atoms with Crippen molar-refractivity contribution in [2.75, 3.05) is 4.90 Å². The molecule has 0 radical (unpaired) electrons. The van der Waals surface area contributed by atoms with Crippen LogP contribution in [0.1, 0.15) is 22.3 Å². The Morgan fingerprint density at radius 2 is 0.764 bits per heavy atom. The van der Waals surface area contributed by atoms with Crippen LogP contribution in [0.5, 0.6) is 11.5 Å². The highest BCUT2D eigenvalue weighted by Crippen LogP contribution is 2.56. The predicted octanol–water partition coefficient (Wildman–Crippen LogP) is 17.7. The Bertz CT molecular complexity index is 4380. The van der Waals surface area contributed by atoms with Crippen molar-refractivity contribution in [3.8, 4) is 22.9 Å². The monoisotopic (exact) mass is 921 g/mol. The van der Waals surface area contributed by atoms with E-state index in [9.17, 15) is 0 Å². The summed E-state index contributed by atoms with van der Waals surface area (Å²) < 4.78 is 18.1. The molecule has 4 heterocycles. The van der Waals surface area contributed by atoms with E-state index in [1.54, 1.807) is 0 Å². The number of hydrogen-bond acceptors (Lipinski definition) is 3. The summed E-state index contributed by atoms with van der Waals surface area (Å²) >= 11 is 0. The van der Waals surface area contributed by atoms with E-state index < -0.39 is 5.41 Å². The summed E-state index contributed by atoms with van der Waals surface area (Å²) in [6.07, 6.45) is 0. The maximum absolute atomic E-state index is 6.80. The van der Waals surface area contributed by atoms with Crippen molar-refractivity contribution in [1.29, 1.82) is 0 Å². The Hall–Kier alpha value is -9.58. The lowest BCUT2D eigenvalue weighted by Crippen LogP contribution is -2.34. The number of nitrogens with zero attached hydrogens (tertiary/aromatic N) is 3. The predicted molar refractivity (Wildman–Crippen MR) is 295 cm³/mol. The van der Waals surface area contributed by atoms with Gasteiger partial charge in [0.05, 0.1) is 27.5 Å². The zero-order chi connectivity index (χ0) is 47.3. The lowest BCUT2D eigenvalue weighted by molar-refractivity contribution is 0.434. The van der Waals surface area contributed by atoms with Crippen molar-refractivity contribution >= 4 is 82.6 Å². The van der Waals surface area contributed by atoms with Crippen LogP contribution in [0.15, 0.2) is 265 Å². The summed E-state index contributed by atoms with van der Waals surface area (Å²) in [7, 11) is 0. The molecule has 11 aromatic carbocycles. The van der Waals surface area contributed by atoms with Gasteiger partial charge in [0, 0.05) is 77.9 Å². The average molecular weight is 922 g/mol. The topological polar surface area (TPSA) is 35.5 Å². The van der Waals surface area contributed by atoms with Crippen LogP contribution in [-0.2, 0) is 5.41 Å². The van der Waals surface area contributed by atoms with E-state index in [-0.39, 0.29) is 0 Å². The summed E-state index contributed by atoms with van der Waals surface area (Å²) in [6, 6.07) is 94.0. The van der Waals surface area contributed by atoms with Crippen LogP contribution in [-0.4, -0.2) is 9.13 Å². The number of ether oxygens (including phenoxy) is 1. The number of benzene rings is 11. The minimum Gasteiger partial charge on any atom is -0.457 e. The molecule has 3 aromatic heterocycles. The third-order valence-corrected chi connectivity index (χ3v) is 15.0. The van der Waals surface area contributed by atoms with Gasteiger partial charge >= 0.3 is 0 Å². The Morgan fingerprint density at radius 3 is 1.42 bits per heavy atom. The smallest absolute Gasteiger partial charge is 0.137 e. The van der Waals surface area contributed by atoms with Crippen molar-refractivity contribution in [3.63, 3.8) is 0 Å². The highest BCUT2D eigenvalue weighted by molar-refractivity contribution is 6.12. The van der Waals surface area contributed by atoms with Crippen molar-refractivity contribution in [3.05, 3.63) is 283 Å². The van der Waals surface area contributed by atoms with Crippen LogP contribution >= 0.6 is 0 Å². The van der Waals surface area contributed by atoms with Crippen LogP contribution in [0, 0.1) is 0 Å². The first-order chi connectivity index (χ1) is 35.7. The molecular weight excluding hydrogens is 879 g/mol. The van der Waals surface area contributed by atoms with Crippen molar-refractivity contribution < 1.29 is 9.15 Å². The molecule has 0 N–H and O–H groups in total. The molecule has 0 spiro atoms. The van der Waals surface area contributed by atoms with E-state index in [0.29, 0.717) is 0 Å². The van der Waals surface area contributed by atoms with E-state index >= 15 is 0 Å². The van der Waals surface area contributed by atoms with Gasteiger partial charge < -0.3 is 23.2 Å². The summed E-state index contributed by atoms with van der Waals surface area (Å²) in [5, 5.41) is 6.98. The second kappa shape index (κ2) is 15.7. The molecule has 0 atom stereocenters. The lowest BCUT2D eigenvalue weighted by Gasteiger charge is -2.41. The molecule has 0 saturated heterocycles. The largest absolute Gasteiger partial charge is 0.457 e. The highest BCUT2D eigenvalue weighted by Gasteiger charge is 2.45. The maximum Gasteiger partial charge on any atom is 0.137 e. The van der Waals surface area contributed by atoms with Gasteiger partial charge in [0.15, 0.2) is 0 Å². The van der Waals surface area contributed by atoms with E-state index in [1.807, 2.05) is 12.1 Å². The van der Waals surface area contributed by atoms with Gasteiger partial charge in [0.25, 0.3) is 0 Å². The molecule has 0 bridgehead atoms. The lowest BCUT2D eigenvalue weighted by atomic mass is 9.63. The van der Waals surface area contributed by atoms with Crippen LogP contribution in [0.4, 0.5) is 17.1 Å². The molecule has 1 aliphatic heterocycles. The van der Waals surface area contributed by atoms with Crippen molar-refractivity contribution in [2.45, 2.75) is 5.41 Å². The second-order valence-corrected chi connectivity index (χ2v) is 18.8. The molecule has 0 unspecified atom stereocenters. The van der Waals surface area contributed by atoms with Gasteiger partial charge in [-0.3, -0.25) is 0 Å². The average Bonchev–Trinajstić information content (AvgIpc) is 4.10. The molecule has 14 aromatic rings. The van der Waals surface area contributed by atoms with Crippen LogP contribution in [0.3, 0.4) is 0 Å². The van der Waals surface area contributed by atoms with Gasteiger partial charge in [0.2, 0.25) is 0 Å². The standard InChI is InChI=1S/C67H43N3O2/c1-3-17-46(18-4-1)69-59-26-12-7-21-51(59)55-41-45(33-39-61(55)69)67(57-24-10-15-29-64(57)72-65-30-16-11-25-58(65)67)44-31-34-48(35-32-44)68(50-36-38-54-53-23-9-14-28-63(53)71-66(54)43-50)49-37-40-62-56(42-49)52-22-8-13-27-60(52)70(62)47-19-5-2-6-20-47/h1-43H. The fourth-order valence-corrected chi connectivity index (χ4v) is 12.0. The Labute approximate surface area is 415 Å². The first-order valence-corrected chi connectivity index (χ1v) is 24.6. The molecular formula is C67H43N3O2. The molecule has 0 saturated carbocycles. The minimum atomic E-state index is -0.746. The zero-order valence-electron chi connectivity index (χ0n) is 39.0. The number of rotatable bonds is 7. The quantitative estimate of drug-likeness (QED) is 0.160. The number of hydrogen-bond donors (Lipinski definition) is 0. The molecule has 5 nitrogen and oxygen atoms in total.